The Kier molecular flexibility index (Phi) is 5.29. The zero-order valence-corrected chi connectivity index (χ0v) is 16.1. The number of hydrogen-bond donors (Lipinski definition) is 1. The smallest absolute Gasteiger partial charge is 0.375 e. The van der Waals surface area contributed by atoms with Crippen molar-refractivity contribution in [1.82, 2.24) is 0 Å². The molecule has 3 fully saturated rings. The van der Waals surface area contributed by atoms with Crippen LogP contribution >= 0.6 is 0 Å². The number of halogens is 3. The lowest BCUT2D eigenvalue weighted by atomic mass is 9.86. The van der Waals surface area contributed by atoms with Crippen molar-refractivity contribution in [1.29, 1.82) is 0 Å². The number of ether oxygens (including phenoxy) is 1. The highest BCUT2D eigenvalue weighted by Crippen LogP contribution is 2.49. The molecule has 1 aromatic rings. The summed E-state index contributed by atoms with van der Waals surface area (Å²) in [6.45, 7) is 3.50. The molecular weight excluding hydrogens is 369 g/mol. The molecule has 1 heterocycles. The highest BCUT2D eigenvalue weighted by Gasteiger charge is 2.40. The number of rotatable bonds is 4. The van der Waals surface area contributed by atoms with Crippen molar-refractivity contribution < 1.29 is 22.7 Å². The molecule has 7 heteroatoms. The van der Waals surface area contributed by atoms with E-state index in [1.165, 1.54) is 18.9 Å². The lowest BCUT2D eigenvalue weighted by Crippen LogP contribution is -2.41. The van der Waals surface area contributed by atoms with Gasteiger partial charge in [-0.05, 0) is 62.1 Å². The Hall–Kier alpha value is -1.76. The van der Waals surface area contributed by atoms with Crippen LogP contribution in [0.25, 0.3) is 0 Å². The molecule has 1 aromatic carbocycles. The van der Waals surface area contributed by atoms with Crippen molar-refractivity contribution in [2.75, 3.05) is 29.9 Å². The van der Waals surface area contributed by atoms with Gasteiger partial charge in [0.2, 0.25) is 5.91 Å². The summed E-state index contributed by atoms with van der Waals surface area (Å²) < 4.78 is 46.4. The molecule has 1 saturated heterocycles. The zero-order chi connectivity index (χ0) is 19.9. The van der Waals surface area contributed by atoms with Crippen LogP contribution in [0.5, 0.6) is 0 Å². The molecular formula is C21H27F3N2O2. The highest BCUT2D eigenvalue weighted by molar-refractivity contribution is 5.92. The van der Waals surface area contributed by atoms with Crippen LogP contribution < -0.4 is 10.2 Å². The van der Waals surface area contributed by atoms with Crippen molar-refractivity contribution in [2.45, 2.75) is 51.3 Å². The molecule has 2 saturated carbocycles. The van der Waals surface area contributed by atoms with Crippen molar-refractivity contribution in [3.63, 3.8) is 0 Å². The maximum Gasteiger partial charge on any atom is 0.418 e. The molecule has 0 radical (unpaired) electrons. The van der Waals surface area contributed by atoms with E-state index in [4.69, 9.17) is 4.74 Å². The van der Waals surface area contributed by atoms with E-state index >= 15 is 0 Å². The first-order valence-electron chi connectivity index (χ1n) is 10.2. The average molecular weight is 396 g/mol. The first-order chi connectivity index (χ1) is 13.3. The van der Waals surface area contributed by atoms with E-state index < -0.39 is 11.7 Å². The number of nitrogens with one attached hydrogen (secondary N) is 1. The van der Waals surface area contributed by atoms with Crippen LogP contribution in [-0.2, 0) is 15.7 Å². The molecule has 28 heavy (non-hydrogen) atoms. The van der Waals surface area contributed by atoms with Gasteiger partial charge >= 0.3 is 6.18 Å². The summed E-state index contributed by atoms with van der Waals surface area (Å²) in [5.74, 6) is 1.30. The zero-order valence-electron chi connectivity index (χ0n) is 16.1. The molecule has 3 aliphatic rings. The molecule has 2 bridgehead atoms. The maximum absolute atomic E-state index is 13.7. The highest BCUT2D eigenvalue weighted by atomic mass is 19.4. The van der Waals surface area contributed by atoms with Crippen molar-refractivity contribution in [3.05, 3.63) is 23.8 Å². The van der Waals surface area contributed by atoms with Crippen molar-refractivity contribution >= 4 is 17.3 Å². The summed E-state index contributed by atoms with van der Waals surface area (Å²) in [5, 5.41) is 2.54. The number of morpholine rings is 1. The van der Waals surface area contributed by atoms with Crippen molar-refractivity contribution in [3.8, 4) is 0 Å². The summed E-state index contributed by atoms with van der Waals surface area (Å²) in [6.07, 6.45) is 0.385. The second-order valence-electron chi connectivity index (χ2n) is 8.54. The summed E-state index contributed by atoms with van der Waals surface area (Å²) in [5.41, 5.74) is -0.426. The van der Waals surface area contributed by atoms with Gasteiger partial charge in [-0.2, -0.15) is 13.2 Å². The Morgan fingerprint density at radius 2 is 2.11 bits per heavy atom. The van der Waals surface area contributed by atoms with Gasteiger partial charge in [-0.3, -0.25) is 4.79 Å². The van der Waals surface area contributed by atoms with E-state index in [0.29, 0.717) is 49.6 Å². The number of fused-ring (bicyclic) bond motifs is 2. The van der Waals surface area contributed by atoms with Gasteiger partial charge in [-0.1, -0.05) is 6.42 Å². The normalized spacial score (nSPS) is 29.9. The van der Waals surface area contributed by atoms with Gasteiger partial charge in [-0.15, -0.1) is 0 Å². The number of hydrogen-bond acceptors (Lipinski definition) is 3. The third-order valence-corrected chi connectivity index (χ3v) is 6.52. The predicted molar refractivity (Wildman–Crippen MR) is 101 cm³/mol. The van der Waals surface area contributed by atoms with E-state index in [-0.39, 0.29) is 17.7 Å². The summed E-state index contributed by atoms with van der Waals surface area (Å²) in [6, 6.07) is 4.18. The number of benzene rings is 1. The Morgan fingerprint density at radius 3 is 2.75 bits per heavy atom. The SMILES string of the molecule is CC1CN(c2ccc(NC(=O)CC3CC4CCC3C4)c(C(F)(F)F)c2)CCO1. The van der Waals surface area contributed by atoms with Gasteiger partial charge in [0, 0.05) is 25.2 Å². The Labute approximate surface area is 163 Å². The fourth-order valence-corrected chi connectivity index (χ4v) is 5.19. The summed E-state index contributed by atoms with van der Waals surface area (Å²) in [4.78, 5) is 14.3. The molecule has 0 spiro atoms. The van der Waals surface area contributed by atoms with Crippen LogP contribution in [0.3, 0.4) is 0 Å². The fourth-order valence-electron chi connectivity index (χ4n) is 5.19. The summed E-state index contributed by atoms with van der Waals surface area (Å²) in [7, 11) is 0. The van der Waals surface area contributed by atoms with Gasteiger partial charge in [0.25, 0.3) is 0 Å². The van der Waals surface area contributed by atoms with E-state index in [1.807, 2.05) is 11.8 Å². The monoisotopic (exact) mass is 396 g/mol. The van der Waals surface area contributed by atoms with Gasteiger partial charge in [0.05, 0.1) is 24.0 Å². The molecule has 154 valence electrons. The number of nitrogens with zero attached hydrogens (tertiary/aromatic N) is 1. The molecule has 1 aliphatic heterocycles. The van der Waals surface area contributed by atoms with Crippen LogP contribution in [-0.4, -0.2) is 31.7 Å². The van der Waals surface area contributed by atoms with Crippen LogP contribution in [0.1, 0.15) is 44.6 Å². The van der Waals surface area contributed by atoms with E-state index in [0.717, 1.165) is 18.9 Å². The molecule has 4 atom stereocenters. The third kappa shape index (κ3) is 4.14. The molecule has 4 rings (SSSR count). The Morgan fingerprint density at radius 1 is 1.29 bits per heavy atom. The molecule has 0 aromatic heterocycles. The van der Waals surface area contributed by atoms with E-state index in [2.05, 4.69) is 5.32 Å². The fraction of sp³-hybridized carbons (Fsp3) is 0.667. The summed E-state index contributed by atoms with van der Waals surface area (Å²) >= 11 is 0. The molecule has 1 N–H and O–H groups in total. The van der Waals surface area contributed by atoms with Crippen molar-refractivity contribution in [2.24, 2.45) is 17.8 Å². The third-order valence-electron chi connectivity index (χ3n) is 6.52. The number of anilines is 2. The molecule has 2 aliphatic carbocycles. The van der Waals surface area contributed by atoms with Gasteiger partial charge in [-0.25, -0.2) is 0 Å². The minimum atomic E-state index is -4.52. The number of amides is 1. The predicted octanol–water partition coefficient (Wildman–Crippen LogP) is 4.70. The Balaban J connectivity index is 1.48. The molecule has 4 unspecified atom stereocenters. The second kappa shape index (κ2) is 7.58. The minimum absolute atomic E-state index is 0.0239. The topological polar surface area (TPSA) is 41.6 Å². The van der Waals surface area contributed by atoms with E-state index in [9.17, 15) is 18.0 Å². The first kappa shape index (κ1) is 19.6. The molecule has 1 amide bonds. The first-order valence-corrected chi connectivity index (χ1v) is 10.2. The lowest BCUT2D eigenvalue weighted by molar-refractivity contribution is -0.136. The van der Waals surface area contributed by atoms with Crippen LogP contribution in [0.15, 0.2) is 18.2 Å². The lowest BCUT2D eigenvalue weighted by Gasteiger charge is -2.33. The second-order valence-corrected chi connectivity index (χ2v) is 8.54. The van der Waals surface area contributed by atoms with Gasteiger partial charge in [0.15, 0.2) is 0 Å². The van der Waals surface area contributed by atoms with Gasteiger partial charge < -0.3 is 15.0 Å². The molecule has 4 nitrogen and oxygen atoms in total. The van der Waals surface area contributed by atoms with E-state index in [1.54, 1.807) is 6.07 Å². The standard InChI is InChI=1S/C21H27F3N2O2/c1-13-12-26(6-7-28-13)17-4-5-19(18(11-17)21(22,23)24)25-20(27)10-16-9-14-2-3-15(16)8-14/h4-5,11,13-16H,2-3,6-10,12H2,1H3,(H,25,27). The van der Waals surface area contributed by atoms with Crippen LogP contribution in [0.4, 0.5) is 24.5 Å². The number of alkyl halides is 3. The van der Waals surface area contributed by atoms with Crippen LogP contribution in [0.2, 0.25) is 0 Å². The van der Waals surface area contributed by atoms with Gasteiger partial charge in [0.1, 0.15) is 0 Å². The minimum Gasteiger partial charge on any atom is -0.375 e. The average Bonchev–Trinajstić information content (AvgIpc) is 3.24. The largest absolute Gasteiger partial charge is 0.418 e. The maximum atomic E-state index is 13.7. The van der Waals surface area contributed by atoms with Crippen LogP contribution in [0, 0.1) is 17.8 Å². The number of carbonyl (C=O) groups excluding carboxylic acids is 1. The quantitative estimate of drug-likeness (QED) is 0.802. The Bertz CT molecular complexity index is 737. The number of carbonyl (C=O) groups is 1.